The third-order valence-electron chi connectivity index (χ3n) is 1.43. The molecule has 0 radical (unpaired) electrons. The average molecular weight is 220 g/mol. The first-order chi connectivity index (χ1) is 6.39. The zero-order valence-corrected chi connectivity index (χ0v) is 8.08. The van der Waals surface area contributed by atoms with Crippen molar-refractivity contribution in [3.05, 3.63) is 29.8 Å². The van der Waals surface area contributed by atoms with Crippen molar-refractivity contribution >= 4 is 17.3 Å². The Kier molecular flexibility index (Phi) is 3.10. The molecule has 5 heteroatoms. The third kappa shape index (κ3) is 2.99. The van der Waals surface area contributed by atoms with Gasteiger partial charge in [0.2, 0.25) is 0 Å². The second-order valence-electron chi connectivity index (χ2n) is 2.70. The van der Waals surface area contributed by atoms with E-state index in [2.05, 4.69) is 17.0 Å². The molecule has 0 saturated heterocycles. The fourth-order valence-corrected chi connectivity index (χ4v) is 0.940. The van der Waals surface area contributed by atoms with Crippen LogP contribution in [0.15, 0.2) is 24.3 Å². The number of hydrogen-bond acceptors (Lipinski definition) is 2. The lowest BCUT2D eigenvalue weighted by Crippen LogP contribution is -2.26. The van der Waals surface area contributed by atoms with Gasteiger partial charge in [-0.25, -0.2) is 0 Å². The third-order valence-corrected chi connectivity index (χ3v) is 1.75. The van der Waals surface area contributed by atoms with Crippen LogP contribution < -0.4 is 4.74 Å². The van der Waals surface area contributed by atoms with E-state index in [1.165, 1.54) is 12.1 Å². The van der Waals surface area contributed by atoms with Crippen LogP contribution in [0.25, 0.3) is 0 Å². The largest absolute Gasteiger partial charge is 0.460 e. The summed E-state index contributed by atoms with van der Waals surface area (Å²) in [5, 5.41) is -1.37. The Labute approximate surface area is 84.5 Å². The van der Waals surface area contributed by atoms with Crippen molar-refractivity contribution in [2.45, 2.75) is 13.1 Å². The summed E-state index contributed by atoms with van der Waals surface area (Å²) in [7, 11) is 0. The summed E-state index contributed by atoms with van der Waals surface area (Å²) in [5.74, 6) is 0.104. The van der Waals surface area contributed by atoms with E-state index in [1.54, 1.807) is 19.1 Å². The van der Waals surface area contributed by atoms with E-state index in [0.29, 0.717) is 0 Å². The molecule has 1 aromatic carbocycles. The van der Waals surface area contributed by atoms with Crippen molar-refractivity contribution in [1.82, 2.24) is 0 Å². The minimum atomic E-state index is -4.58. The van der Waals surface area contributed by atoms with Crippen molar-refractivity contribution in [2.75, 3.05) is 0 Å². The molecule has 0 spiro atoms. The highest BCUT2D eigenvalue weighted by atomic mass is 32.1. The Balaban J connectivity index is 2.75. The lowest BCUT2D eigenvalue weighted by Gasteiger charge is -2.09. The molecule has 1 aromatic rings. The highest BCUT2D eigenvalue weighted by Crippen LogP contribution is 2.21. The molecule has 0 aromatic heterocycles. The zero-order chi connectivity index (χ0) is 10.8. The topological polar surface area (TPSA) is 9.23 Å². The van der Waals surface area contributed by atoms with E-state index in [1.807, 2.05) is 0 Å². The molecule has 0 fully saturated rings. The van der Waals surface area contributed by atoms with Gasteiger partial charge >= 0.3 is 6.18 Å². The quantitative estimate of drug-likeness (QED) is 0.672. The molecule has 1 rings (SSSR count). The number of rotatable bonds is 1. The number of alkyl halides is 3. The maximum Gasteiger partial charge on any atom is 0.460 e. The molecule has 0 amide bonds. The number of aryl methyl sites for hydroxylation is 1. The minimum absolute atomic E-state index is 0.104. The normalized spacial score (nSPS) is 11.1. The van der Waals surface area contributed by atoms with Crippen LogP contribution in [0.2, 0.25) is 0 Å². The maximum absolute atomic E-state index is 12.0. The minimum Gasteiger partial charge on any atom is -0.441 e. The number of thiocarbonyl (C=S) groups is 1. The lowest BCUT2D eigenvalue weighted by atomic mass is 10.2. The number of halogens is 3. The average Bonchev–Trinajstić information content (AvgIpc) is 2.02. The van der Waals surface area contributed by atoms with Crippen molar-refractivity contribution < 1.29 is 17.9 Å². The molecule has 14 heavy (non-hydrogen) atoms. The Hall–Kier alpha value is -1.10. The molecular formula is C9H7F3OS. The van der Waals surface area contributed by atoms with Crippen LogP contribution in [0, 0.1) is 6.92 Å². The standard InChI is InChI=1S/C9H7F3OS/c1-6-3-2-4-7(5-6)13-8(14)9(10,11)12/h2-5H,1H3. The fourth-order valence-electron chi connectivity index (χ4n) is 0.844. The second kappa shape index (κ2) is 3.96. The van der Waals surface area contributed by atoms with Gasteiger partial charge in [-0.05, 0) is 36.8 Å². The molecule has 0 aliphatic rings. The van der Waals surface area contributed by atoms with Gasteiger partial charge in [0.25, 0.3) is 5.05 Å². The summed E-state index contributed by atoms with van der Waals surface area (Å²) < 4.78 is 40.4. The Morgan fingerprint density at radius 1 is 1.36 bits per heavy atom. The molecule has 0 N–H and O–H groups in total. The Morgan fingerprint density at radius 2 is 2.00 bits per heavy atom. The van der Waals surface area contributed by atoms with Crippen LogP contribution in [0.4, 0.5) is 13.2 Å². The summed E-state index contributed by atoms with van der Waals surface area (Å²) in [4.78, 5) is 0. The van der Waals surface area contributed by atoms with Crippen LogP contribution in [0.3, 0.4) is 0 Å². The first-order valence-electron chi connectivity index (χ1n) is 3.75. The van der Waals surface area contributed by atoms with Gasteiger partial charge in [0, 0.05) is 0 Å². The van der Waals surface area contributed by atoms with E-state index in [9.17, 15) is 13.2 Å². The summed E-state index contributed by atoms with van der Waals surface area (Å²) in [6, 6.07) is 6.26. The molecule has 76 valence electrons. The molecule has 0 heterocycles. The first-order valence-corrected chi connectivity index (χ1v) is 4.16. The van der Waals surface area contributed by atoms with Gasteiger partial charge in [-0.2, -0.15) is 13.2 Å². The highest BCUT2D eigenvalue weighted by Gasteiger charge is 2.36. The highest BCUT2D eigenvalue weighted by molar-refractivity contribution is 7.80. The predicted octanol–water partition coefficient (Wildman–Crippen LogP) is 3.26. The Morgan fingerprint density at radius 3 is 2.50 bits per heavy atom. The van der Waals surface area contributed by atoms with E-state index < -0.39 is 11.2 Å². The first kappa shape index (κ1) is 11.0. The van der Waals surface area contributed by atoms with Gasteiger partial charge in [0.1, 0.15) is 5.75 Å². The monoisotopic (exact) mass is 220 g/mol. The van der Waals surface area contributed by atoms with Crippen LogP contribution >= 0.6 is 12.2 Å². The number of hydrogen-bond donors (Lipinski definition) is 0. The fraction of sp³-hybridized carbons (Fsp3) is 0.222. The Bertz CT molecular complexity index is 346. The molecular weight excluding hydrogens is 213 g/mol. The van der Waals surface area contributed by atoms with Gasteiger partial charge in [0.05, 0.1) is 0 Å². The van der Waals surface area contributed by atoms with E-state index in [4.69, 9.17) is 0 Å². The number of benzene rings is 1. The zero-order valence-electron chi connectivity index (χ0n) is 7.26. The van der Waals surface area contributed by atoms with Crippen LogP contribution in [0.5, 0.6) is 5.75 Å². The molecule has 0 aliphatic carbocycles. The van der Waals surface area contributed by atoms with Gasteiger partial charge in [-0.1, -0.05) is 12.1 Å². The molecule has 1 nitrogen and oxygen atoms in total. The van der Waals surface area contributed by atoms with E-state index >= 15 is 0 Å². The smallest absolute Gasteiger partial charge is 0.441 e. The van der Waals surface area contributed by atoms with E-state index in [0.717, 1.165) is 5.56 Å². The lowest BCUT2D eigenvalue weighted by molar-refractivity contribution is -0.0676. The van der Waals surface area contributed by atoms with Gasteiger partial charge in [0.15, 0.2) is 0 Å². The summed E-state index contributed by atoms with van der Waals surface area (Å²) in [5.41, 5.74) is 0.812. The van der Waals surface area contributed by atoms with Crippen LogP contribution in [-0.4, -0.2) is 11.2 Å². The van der Waals surface area contributed by atoms with Crippen LogP contribution in [0.1, 0.15) is 5.56 Å². The van der Waals surface area contributed by atoms with Gasteiger partial charge in [-0.3, -0.25) is 0 Å². The predicted molar refractivity (Wildman–Crippen MR) is 50.5 cm³/mol. The second-order valence-corrected chi connectivity index (χ2v) is 3.07. The van der Waals surface area contributed by atoms with Crippen molar-refractivity contribution in [3.63, 3.8) is 0 Å². The summed E-state index contributed by atoms with van der Waals surface area (Å²) in [6.45, 7) is 1.75. The van der Waals surface area contributed by atoms with Crippen molar-refractivity contribution in [1.29, 1.82) is 0 Å². The molecule has 0 aliphatic heterocycles. The van der Waals surface area contributed by atoms with E-state index in [-0.39, 0.29) is 5.75 Å². The van der Waals surface area contributed by atoms with Crippen LogP contribution in [-0.2, 0) is 0 Å². The molecule has 0 unspecified atom stereocenters. The maximum atomic E-state index is 12.0. The van der Waals surface area contributed by atoms with Gasteiger partial charge in [-0.15, -0.1) is 0 Å². The van der Waals surface area contributed by atoms with Gasteiger partial charge < -0.3 is 4.74 Å². The molecule has 0 atom stereocenters. The molecule has 0 saturated carbocycles. The molecule has 0 bridgehead atoms. The SMILES string of the molecule is Cc1cccc(OC(=S)C(F)(F)F)c1. The summed E-state index contributed by atoms with van der Waals surface area (Å²) >= 11 is 4.07. The van der Waals surface area contributed by atoms with Crippen molar-refractivity contribution in [2.24, 2.45) is 0 Å². The van der Waals surface area contributed by atoms with Crippen molar-refractivity contribution in [3.8, 4) is 5.75 Å². The summed E-state index contributed by atoms with van der Waals surface area (Å²) in [6.07, 6.45) is -4.58. The number of ether oxygens (including phenoxy) is 1.